The minimum atomic E-state index is 0.0490. The van der Waals surface area contributed by atoms with E-state index in [0.717, 1.165) is 19.5 Å². The Balaban J connectivity index is 1.73. The van der Waals surface area contributed by atoms with Gasteiger partial charge in [-0.1, -0.05) is 19.3 Å². The van der Waals surface area contributed by atoms with Crippen molar-refractivity contribution in [1.29, 1.82) is 0 Å². The predicted octanol–water partition coefficient (Wildman–Crippen LogP) is 1.92. The molecular formula is C13H24N2OS. The zero-order valence-electron chi connectivity index (χ0n) is 10.8. The van der Waals surface area contributed by atoms with E-state index < -0.39 is 0 Å². The van der Waals surface area contributed by atoms with Crippen LogP contribution in [0.1, 0.15) is 44.9 Å². The molecular weight excluding hydrogens is 232 g/mol. The summed E-state index contributed by atoms with van der Waals surface area (Å²) in [5.41, 5.74) is 0. The van der Waals surface area contributed by atoms with E-state index in [1.54, 1.807) is 0 Å². The fraction of sp³-hybridized carbons (Fsp3) is 0.923. The van der Waals surface area contributed by atoms with Gasteiger partial charge < -0.3 is 10.6 Å². The Morgan fingerprint density at radius 2 is 2.12 bits per heavy atom. The Morgan fingerprint density at radius 3 is 2.82 bits per heavy atom. The maximum absolute atomic E-state index is 12.1. The molecule has 1 atom stereocenters. The standard InChI is InChI=1S/C13H24N2OS/c1-17-13(7-8-13)10-15-12(16)11-6-4-2-3-5-9-14-11/h11,14H,2-10H2,1H3,(H,15,16). The van der Waals surface area contributed by atoms with Crippen LogP contribution < -0.4 is 10.6 Å². The summed E-state index contributed by atoms with van der Waals surface area (Å²) in [6.45, 7) is 1.84. The van der Waals surface area contributed by atoms with Crippen LogP contribution in [0.25, 0.3) is 0 Å². The number of hydrogen-bond donors (Lipinski definition) is 2. The van der Waals surface area contributed by atoms with Crippen molar-refractivity contribution in [3.05, 3.63) is 0 Å². The second kappa shape index (κ2) is 6.10. The average molecular weight is 256 g/mol. The highest BCUT2D eigenvalue weighted by Gasteiger charge is 2.42. The van der Waals surface area contributed by atoms with Gasteiger partial charge in [0.2, 0.25) is 5.91 Å². The Morgan fingerprint density at radius 1 is 1.35 bits per heavy atom. The van der Waals surface area contributed by atoms with Gasteiger partial charge in [0, 0.05) is 11.3 Å². The zero-order valence-corrected chi connectivity index (χ0v) is 11.6. The summed E-state index contributed by atoms with van der Waals surface area (Å²) < 4.78 is 0.372. The Kier molecular flexibility index (Phi) is 4.74. The molecule has 1 saturated heterocycles. The molecule has 1 saturated carbocycles. The van der Waals surface area contributed by atoms with Crippen LogP contribution in [0.15, 0.2) is 0 Å². The number of carbonyl (C=O) groups excluding carboxylic acids is 1. The number of carbonyl (C=O) groups is 1. The molecule has 1 heterocycles. The van der Waals surface area contributed by atoms with Gasteiger partial charge in [-0.25, -0.2) is 0 Å². The Hall–Kier alpha value is -0.220. The zero-order chi connectivity index (χ0) is 12.1. The van der Waals surface area contributed by atoms with E-state index in [1.165, 1.54) is 38.5 Å². The number of amides is 1. The smallest absolute Gasteiger partial charge is 0.237 e. The van der Waals surface area contributed by atoms with E-state index in [2.05, 4.69) is 16.9 Å². The van der Waals surface area contributed by atoms with Crippen molar-refractivity contribution in [3.8, 4) is 0 Å². The van der Waals surface area contributed by atoms with Crippen molar-refractivity contribution in [2.75, 3.05) is 19.3 Å². The third-order valence-corrected chi connectivity index (χ3v) is 5.37. The minimum Gasteiger partial charge on any atom is -0.353 e. The van der Waals surface area contributed by atoms with Gasteiger partial charge in [-0.05, 0) is 38.5 Å². The molecule has 1 aliphatic carbocycles. The maximum atomic E-state index is 12.1. The number of rotatable bonds is 4. The van der Waals surface area contributed by atoms with E-state index in [4.69, 9.17) is 0 Å². The molecule has 2 fully saturated rings. The second-order valence-electron chi connectivity index (χ2n) is 5.31. The Bertz CT molecular complexity index is 258. The normalized spacial score (nSPS) is 27.9. The van der Waals surface area contributed by atoms with E-state index in [-0.39, 0.29) is 11.9 Å². The number of thioether (sulfide) groups is 1. The largest absolute Gasteiger partial charge is 0.353 e. The van der Waals surface area contributed by atoms with E-state index in [1.807, 2.05) is 11.8 Å². The first-order valence-electron chi connectivity index (χ1n) is 6.82. The molecule has 1 aliphatic heterocycles. The summed E-state index contributed by atoms with van der Waals surface area (Å²) in [4.78, 5) is 12.1. The van der Waals surface area contributed by atoms with Gasteiger partial charge in [-0.15, -0.1) is 0 Å². The SMILES string of the molecule is CSC1(CNC(=O)C2CCCCCCN2)CC1. The summed E-state index contributed by atoms with van der Waals surface area (Å²) >= 11 is 1.90. The molecule has 0 spiro atoms. The van der Waals surface area contributed by atoms with Crippen molar-refractivity contribution < 1.29 is 4.79 Å². The quantitative estimate of drug-likeness (QED) is 0.807. The highest BCUT2D eigenvalue weighted by molar-refractivity contribution is 8.00. The van der Waals surface area contributed by atoms with Crippen molar-refractivity contribution in [1.82, 2.24) is 10.6 Å². The van der Waals surface area contributed by atoms with E-state index >= 15 is 0 Å². The Labute approximate surface area is 108 Å². The molecule has 0 aromatic carbocycles. The fourth-order valence-electron chi connectivity index (χ4n) is 2.39. The van der Waals surface area contributed by atoms with Gasteiger partial charge in [0.1, 0.15) is 0 Å². The van der Waals surface area contributed by atoms with Gasteiger partial charge in [0.05, 0.1) is 6.04 Å². The van der Waals surface area contributed by atoms with Gasteiger partial charge in [-0.3, -0.25) is 4.79 Å². The molecule has 2 rings (SSSR count). The van der Waals surface area contributed by atoms with Crippen molar-refractivity contribution in [3.63, 3.8) is 0 Å². The highest BCUT2D eigenvalue weighted by atomic mass is 32.2. The lowest BCUT2D eigenvalue weighted by Crippen LogP contribution is -2.46. The topological polar surface area (TPSA) is 41.1 Å². The minimum absolute atomic E-state index is 0.0490. The molecule has 3 nitrogen and oxygen atoms in total. The van der Waals surface area contributed by atoms with Crippen LogP contribution in [0.2, 0.25) is 0 Å². The van der Waals surface area contributed by atoms with Crippen LogP contribution in [0.5, 0.6) is 0 Å². The number of nitrogens with one attached hydrogen (secondary N) is 2. The average Bonchev–Trinajstić information content (AvgIpc) is 3.06. The van der Waals surface area contributed by atoms with Crippen molar-refractivity contribution in [2.45, 2.75) is 55.7 Å². The summed E-state index contributed by atoms with van der Waals surface area (Å²) in [5, 5.41) is 6.51. The fourth-order valence-corrected chi connectivity index (χ4v) is 3.12. The van der Waals surface area contributed by atoms with Gasteiger partial charge >= 0.3 is 0 Å². The molecule has 4 heteroatoms. The summed E-state index contributed by atoms with van der Waals surface area (Å²) in [6, 6.07) is 0.0490. The van der Waals surface area contributed by atoms with Crippen LogP contribution >= 0.6 is 11.8 Å². The monoisotopic (exact) mass is 256 g/mol. The van der Waals surface area contributed by atoms with Crippen LogP contribution in [0.3, 0.4) is 0 Å². The predicted molar refractivity (Wildman–Crippen MR) is 73.4 cm³/mol. The molecule has 17 heavy (non-hydrogen) atoms. The lowest BCUT2D eigenvalue weighted by Gasteiger charge is -2.22. The van der Waals surface area contributed by atoms with Crippen LogP contribution in [-0.2, 0) is 4.79 Å². The van der Waals surface area contributed by atoms with E-state index in [0.29, 0.717) is 4.75 Å². The van der Waals surface area contributed by atoms with Crippen LogP contribution in [0.4, 0.5) is 0 Å². The lowest BCUT2D eigenvalue weighted by molar-refractivity contribution is -0.123. The maximum Gasteiger partial charge on any atom is 0.237 e. The summed E-state index contributed by atoms with van der Waals surface area (Å²) in [7, 11) is 0. The molecule has 1 unspecified atom stereocenters. The molecule has 0 aromatic heterocycles. The molecule has 98 valence electrons. The third-order valence-electron chi connectivity index (χ3n) is 3.95. The first kappa shape index (κ1) is 13.2. The highest BCUT2D eigenvalue weighted by Crippen LogP contribution is 2.46. The molecule has 0 aromatic rings. The number of hydrogen-bond acceptors (Lipinski definition) is 3. The van der Waals surface area contributed by atoms with Crippen molar-refractivity contribution in [2.24, 2.45) is 0 Å². The molecule has 0 bridgehead atoms. The van der Waals surface area contributed by atoms with Gasteiger partial charge in [-0.2, -0.15) is 11.8 Å². The first-order chi connectivity index (χ1) is 8.26. The van der Waals surface area contributed by atoms with Crippen molar-refractivity contribution >= 4 is 17.7 Å². The van der Waals surface area contributed by atoms with Crippen LogP contribution in [-0.4, -0.2) is 36.0 Å². The van der Waals surface area contributed by atoms with Crippen LogP contribution in [0, 0.1) is 0 Å². The molecule has 0 radical (unpaired) electrons. The molecule has 2 aliphatic rings. The molecule has 2 N–H and O–H groups in total. The first-order valence-corrected chi connectivity index (χ1v) is 8.04. The second-order valence-corrected chi connectivity index (χ2v) is 6.59. The van der Waals surface area contributed by atoms with Gasteiger partial charge in [0.15, 0.2) is 0 Å². The third kappa shape index (κ3) is 3.88. The lowest BCUT2D eigenvalue weighted by atomic mass is 10.0. The summed E-state index contributed by atoms with van der Waals surface area (Å²) in [5.74, 6) is 0.215. The van der Waals surface area contributed by atoms with Gasteiger partial charge in [0.25, 0.3) is 0 Å². The molecule has 1 amide bonds. The summed E-state index contributed by atoms with van der Waals surface area (Å²) in [6.07, 6.45) is 10.6. The van der Waals surface area contributed by atoms with E-state index in [9.17, 15) is 4.79 Å².